The van der Waals surface area contributed by atoms with Crippen molar-refractivity contribution in [1.82, 2.24) is 0 Å². The quantitative estimate of drug-likeness (QED) is 0.359. The van der Waals surface area contributed by atoms with Gasteiger partial charge < -0.3 is 9.84 Å². The van der Waals surface area contributed by atoms with Gasteiger partial charge in [-0.25, -0.2) is 4.79 Å². The molecule has 0 aliphatic carbocycles. The molecule has 1 aromatic carbocycles. The fraction of sp³-hybridized carbons (Fsp3) is 0.273. The molecule has 0 aliphatic rings. The van der Waals surface area contributed by atoms with E-state index in [9.17, 15) is 20.0 Å². The van der Waals surface area contributed by atoms with E-state index < -0.39 is 28.4 Å². The van der Waals surface area contributed by atoms with E-state index >= 15 is 0 Å². The monoisotopic (exact) mass is 285 g/mol. The third-order valence-electron chi connectivity index (χ3n) is 2.24. The van der Waals surface area contributed by atoms with Gasteiger partial charge in [0.15, 0.2) is 0 Å². The van der Waals surface area contributed by atoms with Crippen LogP contribution in [0, 0.1) is 10.1 Å². The number of esters is 1. The third-order valence-corrected chi connectivity index (χ3v) is 2.46. The van der Waals surface area contributed by atoms with E-state index in [0.29, 0.717) is 0 Å². The Kier molecular flexibility index (Phi) is 4.82. The number of nitrogens with zero attached hydrogens (tertiary/aromatic N) is 2. The maximum Gasteiger partial charge on any atom is 0.330 e. The fourth-order valence-electron chi connectivity index (χ4n) is 1.25. The van der Waals surface area contributed by atoms with Crippen molar-refractivity contribution < 1.29 is 19.6 Å². The number of rotatable bonds is 4. The van der Waals surface area contributed by atoms with Gasteiger partial charge in [0.2, 0.25) is 0 Å². The molecule has 0 bridgehead atoms. The van der Waals surface area contributed by atoms with Crippen molar-refractivity contribution >= 4 is 29.5 Å². The van der Waals surface area contributed by atoms with E-state index in [-0.39, 0.29) is 10.6 Å². The number of carbonyl (C=O) groups excluding carboxylic acids is 1. The molecule has 1 rings (SSSR count). The van der Waals surface area contributed by atoms with Gasteiger partial charge >= 0.3 is 5.97 Å². The topological polar surface area (TPSA) is 105 Å². The van der Waals surface area contributed by atoms with Gasteiger partial charge in [-0.05, 0) is 24.3 Å². The second-order valence-corrected chi connectivity index (χ2v) is 4.01. The summed E-state index contributed by atoms with van der Waals surface area (Å²) in [7, 11) is 1.21. The van der Waals surface area contributed by atoms with Gasteiger partial charge in [0.05, 0.1) is 12.0 Å². The summed E-state index contributed by atoms with van der Waals surface area (Å²) in [6.07, 6.45) is 1.07. The van der Waals surface area contributed by atoms with Crippen LogP contribution in [0.3, 0.4) is 0 Å². The highest BCUT2D eigenvalue weighted by Crippen LogP contribution is 2.30. The van der Waals surface area contributed by atoms with E-state index in [4.69, 9.17) is 11.6 Å². The number of nitro groups is 1. The molecule has 0 saturated carbocycles. The summed E-state index contributed by atoms with van der Waals surface area (Å²) in [4.78, 5) is 24.7. The molecule has 7 nitrogen and oxygen atoms in total. The lowest BCUT2D eigenvalue weighted by Gasteiger charge is -2.11. The van der Waals surface area contributed by atoms with Crippen LogP contribution in [0.5, 0.6) is 5.75 Å². The number of carbonyl (C=O) groups is 1. The molecule has 0 aliphatic heterocycles. The number of nitro benzene ring substituents is 1. The summed E-state index contributed by atoms with van der Waals surface area (Å²) >= 11 is 5.67. The maximum atomic E-state index is 11.7. The van der Waals surface area contributed by atoms with E-state index in [0.717, 1.165) is 12.3 Å². The van der Waals surface area contributed by atoms with E-state index in [1.807, 2.05) is 0 Å². The minimum Gasteiger partial charge on any atom is -0.867 e. The van der Waals surface area contributed by atoms with Crippen LogP contribution < -0.4 is 5.11 Å². The summed E-state index contributed by atoms with van der Waals surface area (Å²) in [5, 5.41) is 22.4. The number of halogens is 1. The van der Waals surface area contributed by atoms with Gasteiger partial charge in [0, 0.05) is 17.3 Å². The lowest BCUT2D eigenvalue weighted by atomic mass is 10.2. The molecule has 0 aromatic heterocycles. The number of benzene rings is 1. The summed E-state index contributed by atoms with van der Waals surface area (Å²) in [5.74, 6) is -1.39. The highest BCUT2D eigenvalue weighted by atomic mass is 35.5. The first-order valence-electron chi connectivity index (χ1n) is 5.12. The molecule has 102 valence electrons. The van der Waals surface area contributed by atoms with Gasteiger partial charge in [-0.1, -0.05) is 11.6 Å². The van der Waals surface area contributed by atoms with Crippen LogP contribution in [-0.4, -0.2) is 30.3 Å². The fourth-order valence-corrected chi connectivity index (χ4v) is 1.48. The molecule has 8 heteroatoms. The summed E-state index contributed by atoms with van der Waals surface area (Å²) in [5.41, 5.74) is -0.699. The Balaban J connectivity index is 3.11. The van der Waals surface area contributed by atoms with Crippen LogP contribution in [-0.2, 0) is 9.53 Å². The van der Waals surface area contributed by atoms with Crippen molar-refractivity contribution in [3.8, 4) is 5.75 Å². The van der Waals surface area contributed by atoms with Gasteiger partial charge in [-0.3, -0.25) is 15.1 Å². The minimum atomic E-state index is -0.824. The SMILES string of the molecule is COC(=O)[C@H](C)N=Cc1cc(Cl)cc([N+](=O)[O-])c1[O-]. The molecule has 19 heavy (non-hydrogen) atoms. The molecule has 0 unspecified atom stereocenters. The van der Waals surface area contributed by atoms with Gasteiger partial charge in [0.25, 0.3) is 5.69 Å². The number of hydrogen-bond donors (Lipinski definition) is 0. The van der Waals surface area contributed by atoms with Gasteiger partial charge in [-0.2, -0.15) is 0 Å². The van der Waals surface area contributed by atoms with Crippen molar-refractivity contribution in [1.29, 1.82) is 0 Å². The first-order valence-corrected chi connectivity index (χ1v) is 5.50. The van der Waals surface area contributed by atoms with Crippen LogP contribution in [0.15, 0.2) is 17.1 Å². The number of aliphatic imine (C=N–C) groups is 1. The van der Waals surface area contributed by atoms with Gasteiger partial charge in [0.1, 0.15) is 6.04 Å². The van der Waals surface area contributed by atoms with Crippen molar-refractivity contribution in [2.75, 3.05) is 7.11 Å². The molecule has 0 fully saturated rings. The van der Waals surface area contributed by atoms with Crippen molar-refractivity contribution in [2.24, 2.45) is 4.99 Å². The third kappa shape index (κ3) is 3.65. The predicted octanol–water partition coefficient (Wildman–Crippen LogP) is 1.30. The van der Waals surface area contributed by atoms with E-state index in [1.54, 1.807) is 0 Å². The highest BCUT2D eigenvalue weighted by molar-refractivity contribution is 6.31. The molecule has 0 spiro atoms. The largest absolute Gasteiger partial charge is 0.867 e. The first-order chi connectivity index (χ1) is 8.86. The van der Waals surface area contributed by atoms with Crippen LogP contribution in [0.25, 0.3) is 0 Å². The van der Waals surface area contributed by atoms with Crippen molar-refractivity contribution in [2.45, 2.75) is 13.0 Å². The van der Waals surface area contributed by atoms with Crippen LogP contribution in [0.4, 0.5) is 5.69 Å². The zero-order chi connectivity index (χ0) is 14.6. The second kappa shape index (κ2) is 6.14. The van der Waals surface area contributed by atoms with Crippen LogP contribution in [0.1, 0.15) is 12.5 Å². The summed E-state index contributed by atoms with van der Waals surface area (Å²) in [6.45, 7) is 1.46. The Morgan fingerprint density at radius 1 is 1.58 bits per heavy atom. The lowest BCUT2D eigenvalue weighted by molar-refractivity contribution is -0.398. The molecule has 1 aromatic rings. The average Bonchev–Trinajstić information content (AvgIpc) is 2.37. The van der Waals surface area contributed by atoms with E-state index in [1.165, 1.54) is 20.1 Å². The van der Waals surface area contributed by atoms with Crippen LogP contribution >= 0.6 is 11.6 Å². The Morgan fingerprint density at radius 2 is 2.21 bits per heavy atom. The zero-order valence-corrected chi connectivity index (χ0v) is 10.9. The molecule has 0 radical (unpaired) electrons. The maximum absolute atomic E-state index is 11.7. The molecule has 0 N–H and O–H groups in total. The summed E-state index contributed by atoms with van der Waals surface area (Å²) < 4.78 is 4.45. The van der Waals surface area contributed by atoms with Crippen LogP contribution in [0.2, 0.25) is 5.02 Å². The Bertz CT molecular complexity index is 544. The average molecular weight is 286 g/mol. The normalized spacial score (nSPS) is 12.4. The minimum absolute atomic E-state index is 0.0403. The smallest absolute Gasteiger partial charge is 0.330 e. The van der Waals surface area contributed by atoms with Crippen molar-refractivity contribution in [3.05, 3.63) is 32.8 Å². The molecular formula is C11H10ClN2O5-. The Morgan fingerprint density at radius 3 is 2.74 bits per heavy atom. The highest BCUT2D eigenvalue weighted by Gasteiger charge is 2.13. The lowest BCUT2D eigenvalue weighted by Crippen LogP contribution is -2.16. The Labute approximate surface area is 113 Å². The number of hydrogen-bond acceptors (Lipinski definition) is 6. The standard InChI is InChI=1S/C11H11ClN2O5/c1-6(11(16)19-2)13-5-7-3-8(12)4-9(10(7)15)14(17)18/h3-6,15H,1-2H3/p-1/t6-/m0/s1. The molecule has 0 amide bonds. The zero-order valence-electron chi connectivity index (χ0n) is 10.1. The number of ether oxygens (including phenoxy) is 1. The molecular weight excluding hydrogens is 276 g/mol. The molecule has 1 atom stereocenters. The second-order valence-electron chi connectivity index (χ2n) is 3.58. The molecule has 0 heterocycles. The predicted molar refractivity (Wildman–Crippen MR) is 66.6 cm³/mol. The van der Waals surface area contributed by atoms with E-state index in [2.05, 4.69) is 9.73 Å². The first kappa shape index (κ1) is 14.9. The number of methoxy groups -OCH3 is 1. The van der Waals surface area contributed by atoms with Crippen molar-refractivity contribution in [3.63, 3.8) is 0 Å². The Hall–Kier alpha value is -2.15. The van der Waals surface area contributed by atoms with Gasteiger partial charge in [-0.15, -0.1) is 0 Å². The molecule has 0 saturated heterocycles. The summed E-state index contributed by atoms with van der Waals surface area (Å²) in [6, 6.07) is 1.39.